The quantitative estimate of drug-likeness (QED) is 0.872. The van der Waals surface area contributed by atoms with E-state index in [0.29, 0.717) is 10.9 Å². The fraction of sp³-hybridized carbons (Fsp3) is 0.455. The van der Waals surface area contributed by atoms with Gasteiger partial charge in [-0.3, -0.25) is 0 Å². The molecular formula is C11H14BrNO4S2. The van der Waals surface area contributed by atoms with Gasteiger partial charge in [0.05, 0.1) is 16.4 Å². The molecule has 5 nitrogen and oxygen atoms in total. The molecule has 1 heterocycles. The maximum absolute atomic E-state index is 12.2. The highest BCUT2D eigenvalue weighted by atomic mass is 79.9. The summed E-state index contributed by atoms with van der Waals surface area (Å²) >= 11 is 3.21. The molecule has 1 fully saturated rings. The zero-order valence-corrected chi connectivity index (χ0v) is 13.5. The molecular weight excluding hydrogens is 354 g/mol. The van der Waals surface area contributed by atoms with Gasteiger partial charge in [-0.05, 0) is 31.5 Å². The summed E-state index contributed by atoms with van der Waals surface area (Å²) in [7, 11) is -6.87. The lowest BCUT2D eigenvalue weighted by molar-refractivity contribution is 0.462. The molecule has 1 saturated heterocycles. The van der Waals surface area contributed by atoms with Gasteiger partial charge in [-0.25, -0.2) is 21.6 Å². The summed E-state index contributed by atoms with van der Waals surface area (Å²) in [5.41, 5.74) is -0.931. The second kappa shape index (κ2) is 4.83. The van der Waals surface area contributed by atoms with Crippen LogP contribution < -0.4 is 4.72 Å². The number of hydrogen-bond acceptors (Lipinski definition) is 4. The Bertz CT molecular complexity index is 699. The van der Waals surface area contributed by atoms with Gasteiger partial charge >= 0.3 is 0 Å². The van der Waals surface area contributed by atoms with E-state index >= 15 is 0 Å². The number of hydrogen-bond donors (Lipinski definition) is 1. The van der Waals surface area contributed by atoms with E-state index in [1.165, 1.54) is 12.1 Å². The van der Waals surface area contributed by atoms with Gasteiger partial charge in [0.15, 0.2) is 9.84 Å². The highest BCUT2D eigenvalue weighted by molar-refractivity contribution is 9.10. The van der Waals surface area contributed by atoms with Gasteiger partial charge in [-0.1, -0.05) is 22.0 Å². The number of halogens is 1. The lowest BCUT2D eigenvalue weighted by Crippen LogP contribution is -2.46. The lowest BCUT2D eigenvalue weighted by Gasteiger charge is -2.23. The summed E-state index contributed by atoms with van der Waals surface area (Å²) in [5.74, 6) is -0.141. The van der Waals surface area contributed by atoms with Crippen molar-refractivity contribution in [2.45, 2.75) is 23.8 Å². The Morgan fingerprint density at radius 3 is 2.58 bits per heavy atom. The average Bonchev–Trinajstić information content (AvgIpc) is 2.51. The first-order valence-electron chi connectivity index (χ1n) is 5.62. The van der Waals surface area contributed by atoms with Crippen LogP contribution in [0.25, 0.3) is 0 Å². The minimum absolute atomic E-state index is 0.0184. The second-order valence-corrected chi connectivity index (χ2v) is 9.75. The number of sulfone groups is 1. The highest BCUT2D eigenvalue weighted by Crippen LogP contribution is 2.26. The van der Waals surface area contributed by atoms with Gasteiger partial charge < -0.3 is 0 Å². The Balaban J connectivity index is 2.28. The van der Waals surface area contributed by atoms with Gasteiger partial charge in [0.2, 0.25) is 10.0 Å². The number of rotatable bonds is 3. The van der Waals surface area contributed by atoms with Crippen molar-refractivity contribution in [2.75, 3.05) is 11.5 Å². The van der Waals surface area contributed by atoms with Gasteiger partial charge in [0.25, 0.3) is 0 Å². The average molecular weight is 368 g/mol. The number of benzene rings is 1. The third-order valence-corrected chi connectivity index (χ3v) is 7.02. The first kappa shape index (κ1) is 15.0. The Kier molecular flexibility index (Phi) is 3.81. The van der Waals surface area contributed by atoms with Gasteiger partial charge in [0.1, 0.15) is 0 Å². The summed E-state index contributed by atoms with van der Waals surface area (Å²) in [4.78, 5) is 0.118. The van der Waals surface area contributed by atoms with Crippen molar-refractivity contribution in [1.29, 1.82) is 0 Å². The fourth-order valence-electron chi connectivity index (χ4n) is 2.11. The molecule has 1 aromatic carbocycles. The smallest absolute Gasteiger partial charge is 0.229 e. The van der Waals surface area contributed by atoms with Gasteiger partial charge in [0, 0.05) is 10.0 Å². The van der Waals surface area contributed by atoms with Crippen molar-refractivity contribution < 1.29 is 16.8 Å². The molecule has 19 heavy (non-hydrogen) atoms. The van der Waals surface area contributed by atoms with Crippen LogP contribution in [0.1, 0.15) is 13.3 Å². The van der Waals surface area contributed by atoms with E-state index in [4.69, 9.17) is 0 Å². The predicted molar refractivity (Wildman–Crippen MR) is 76.1 cm³/mol. The molecule has 0 bridgehead atoms. The van der Waals surface area contributed by atoms with Gasteiger partial charge in [-0.2, -0.15) is 0 Å². The number of nitrogens with one attached hydrogen (secondary N) is 1. The molecule has 0 aliphatic carbocycles. The van der Waals surface area contributed by atoms with Crippen molar-refractivity contribution in [2.24, 2.45) is 0 Å². The zero-order chi connectivity index (χ0) is 14.3. The fourth-order valence-corrected chi connectivity index (χ4v) is 6.32. The predicted octanol–water partition coefficient (Wildman–Crippen LogP) is 1.30. The molecule has 1 aliphatic heterocycles. The minimum Gasteiger partial charge on any atom is -0.229 e. The largest absolute Gasteiger partial charge is 0.241 e. The summed E-state index contributed by atoms with van der Waals surface area (Å²) in [6.45, 7) is 1.62. The van der Waals surface area contributed by atoms with E-state index in [2.05, 4.69) is 20.7 Å². The van der Waals surface area contributed by atoms with E-state index in [1.807, 2.05) is 0 Å². The Morgan fingerprint density at radius 1 is 1.37 bits per heavy atom. The molecule has 0 spiro atoms. The maximum atomic E-state index is 12.2. The van der Waals surface area contributed by atoms with E-state index < -0.39 is 25.4 Å². The summed E-state index contributed by atoms with van der Waals surface area (Å²) in [5, 5.41) is 0. The van der Waals surface area contributed by atoms with Crippen molar-refractivity contribution in [1.82, 2.24) is 4.72 Å². The second-order valence-electron chi connectivity index (χ2n) is 4.97. The van der Waals surface area contributed by atoms with Crippen LogP contribution in [-0.4, -0.2) is 33.9 Å². The third kappa shape index (κ3) is 3.56. The van der Waals surface area contributed by atoms with Crippen LogP contribution in [0.5, 0.6) is 0 Å². The standard InChI is InChI=1S/C11H14BrNO4S2/c1-11(5-6-18(14,15)8-11)13-19(16,17)10-4-2-3-9(12)7-10/h2-4,7,13H,5-6,8H2,1H3/t11-/m0/s1. The highest BCUT2D eigenvalue weighted by Gasteiger charge is 2.41. The van der Waals surface area contributed by atoms with Crippen LogP contribution >= 0.6 is 15.9 Å². The molecule has 2 rings (SSSR count). The van der Waals surface area contributed by atoms with Crippen molar-refractivity contribution in [3.05, 3.63) is 28.7 Å². The summed E-state index contributed by atoms with van der Waals surface area (Å²) in [6.07, 6.45) is 0.294. The molecule has 0 unspecified atom stereocenters. The van der Waals surface area contributed by atoms with E-state index in [1.54, 1.807) is 19.1 Å². The molecule has 0 saturated carbocycles. The van der Waals surface area contributed by atoms with Crippen LogP contribution in [0.4, 0.5) is 0 Å². The monoisotopic (exact) mass is 367 g/mol. The van der Waals surface area contributed by atoms with Crippen LogP contribution in [0.2, 0.25) is 0 Å². The maximum Gasteiger partial charge on any atom is 0.241 e. The van der Waals surface area contributed by atoms with Crippen molar-refractivity contribution in [3.63, 3.8) is 0 Å². The molecule has 1 N–H and O–H groups in total. The van der Waals surface area contributed by atoms with E-state index in [-0.39, 0.29) is 16.4 Å². The van der Waals surface area contributed by atoms with E-state index in [9.17, 15) is 16.8 Å². The first-order valence-corrected chi connectivity index (χ1v) is 9.72. The molecule has 106 valence electrons. The van der Waals surface area contributed by atoms with Crippen LogP contribution in [0.15, 0.2) is 33.6 Å². The molecule has 0 radical (unpaired) electrons. The van der Waals surface area contributed by atoms with Gasteiger partial charge in [-0.15, -0.1) is 0 Å². The lowest BCUT2D eigenvalue weighted by atomic mass is 10.0. The molecule has 1 aliphatic rings. The van der Waals surface area contributed by atoms with E-state index in [0.717, 1.165) is 0 Å². The molecule has 1 atom stereocenters. The zero-order valence-electron chi connectivity index (χ0n) is 10.3. The minimum atomic E-state index is -3.72. The van der Waals surface area contributed by atoms with Crippen LogP contribution in [0.3, 0.4) is 0 Å². The topological polar surface area (TPSA) is 80.3 Å². The van der Waals surface area contributed by atoms with Crippen molar-refractivity contribution in [3.8, 4) is 0 Å². The molecule has 8 heteroatoms. The first-order chi connectivity index (χ1) is 8.62. The SMILES string of the molecule is C[C@]1(NS(=O)(=O)c2cccc(Br)c2)CCS(=O)(=O)C1. The summed E-state index contributed by atoms with van der Waals surface area (Å²) in [6, 6.07) is 6.29. The molecule has 0 amide bonds. The Hall–Kier alpha value is -0.440. The Morgan fingerprint density at radius 2 is 2.05 bits per heavy atom. The number of sulfonamides is 1. The normalized spacial score (nSPS) is 26.4. The third-order valence-electron chi connectivity index (χ3n) is 2.99. The van der Waals surface area contributed by atoms with Crippen LogP contribution in [0, 0.1) is 0 Å². The molecule has 1 aromatic rings. The van der Waals surface area contributed by atoms with Crippen LogP contribution in [-0.2, 0) is 19.9 Å². The van der Waals surface area contributed by atoms with Crippen molar-refractivity contribution >= 4 is 35.8 Å². The molecule has 0 aromatic heterocycles. The summed E-state index contributed by atoms with van der Waals surface area (Å²) < 4.78 is 50.6. The Labute approximate surface area is 121 Å².